The van der Waals surface area contributed by atoms with E-state index in [9.17, 15) is 9.59 Å². The molecule has 0 saturated carbocycles. The summed E-state index contributed by atoms with van der Waals surface area (Å²) in [6.45, 7) is 8.16. The van der Waals surface area contributed by atoms with E-state index >= 15 is 0 Å². The molecule has 2 heterocycles. The standard InChI is InChI=1S/C27H35N3O6/c1-3-35-25-18-22(6-9-24(25)36-20-26(31)30-12-16-34-17-13-30)27(32)28(2)19-21-4-7-23(8-5-21)29-10-14-33-15-11-29/h4-9,18H,3,10-17,19-20H2,1-2H3. The summed E-state index contributed by atoms with van der Waals surface area (Å²) in [7, 11) is 1.78. The van der Waals surface area contributed by atoms with E-state index < -0.39 is 0 Å². The maximum absolute atomic E-state index is 13.1. The molecule has 2 aromatic rings. The number of hydrogen-bond acceptors (Lipinski definition) is 7. The van der Waals surface area contributed by atoms with Crippen LogP contribution in [0.1, 0.15) is 22.8 Å². The van der Waals surface area contributed by atoms with E-state index in [1.807, 2.05) is 6.92 Å². The number of amides is 2. The number of benzene rings is 2. The Balaban J connectivity index is 1.36. The van der Waals surface area contributed by atoms with Crippen molar-refractivity contribution in [1.29, 1.82) is 0 Å². The van der Waals surface area contributed by atoms with Crippen molar-refractivity contribution in [2.75, 3.05) is 77.8 Å². The van der Waals surface area contributed by atoms with E-state index in [1.54, 1.807) is 35.0 Å². The van der Waals surface area contributed by atoms with Crippen molar-refractivity contribution in [1.82, 2.24) is 9.80 Å². The van der Waals surface area contributed by atoms with Gasteiger partial charge in [-0.25, -0.2) is 0 Å². The highest BCUT2D eigenvalue weighted by molar-refractivity contribution is 5.94. The number of hydrogen-bond donors (Lipinski definition) is 0. The van der Waals surface area contributed by atoms with E-state index in [-0.39, 0.29) is 18.4 Å². The van der Waals surface area contributed by atoms with Crippen molar-refractivity contribution in [3.63, 3.8) is 0 Å². The molecule has 4 rings (SSSR count). The average Bonchev–Trinajstić information content (AvgIpc) is 2.93. The second-order valence-electron chi connectivity index (χ2n) is 8.80. The Bertz CT molecular complexity index is 1020. The molecule has 0 aromatic heterocycles. The predicted octanol–water partition coefficient (Wildman–Crippen LogP) is 2.43. The van der Waals surface area contributed by atoms with Crippen LogP contribution in [0.15, 0.2) is 42.5 Å². The van der Waals surface area contributed by atoms with Crippen LogP contribution in [0.2, 0.25) is 0 Å². The Hall–Kier alpha value is -3.30. The first-order chi connectivity index (χ1) is 17.5. The Morgan fingerprint density at radius 1 is 0.889 bits per heavy atom. The Labute approximate surface area is 212 Å². The highest BCUT2D eigenvalue weighted by Crippen LogP contribution is 2.29. The molecular weight excluding hydrogens is 462 g/mol. The van der Waals surface area contributed by atoms with Gasteiger partial charge in [-0.1, -0.05) is 12.1 Å². The lowest BCUT2D eigenvalue weighted by atomic mass is 10.1. The molecule has 9 heteroatoms. The third-order valence-electron chi connectivity index (χ3n) is 6.28. The van der Waals surface area contributed by atoms with Gasteiger partial charge in [-0.2, -0.15) is 0 Å². The molecule has 2 fully saturated rings. The van der Waals surface area contributed by atoms with Crippen LogP contribution in [-0.2, 0) is 20.8 Å². The summed E-state index contributed by atoms with van der Waals surface area (Å²) in [5, 5.41) is 0. The zero-order chi connectivity index (χ0) is 25.3. The Kier molecular flexibility index (Phi) is 9.02. The summed E-state index contributed by atoms with van der Waals surface area (Å²) in [5.74, 6) is 0.669. The minimum absolute atomic E-state index is 0.0896. The van der Waals surface area contributed by atoms with Gasteiger partial charge in [0.25, 0.3) is 11.8 Å². The largest absolute Gasteiger partial charge is 0.490 e. The van der Waals surface area contributed by atoms with Gasteiger partial charge in [0.2, 0.25) is 0 Å². The fourth-order valence-corrected chi connectivity index (χ4v) is 4.27. The molecule has 0 bridgehead atoms. The minimum atomic E-state index is -0.121. The second-order valence-corrected chi connectivity index (χ2v) is 8.80. The van der Waals surface area contributed by atoms with Crippen LogP contribution in [0.5, 0.6) is 11.5 Å². The number of anilines is 1. The van der Waals surface area contributed by atoms with Gasteiger partial charge < -0.3 is 33.6 Å². The number of morpholine rings is 2. The molecule has 0 N–H and O–H groups in total. The van der Waals surface area contributed by atoms with Gasteiger partial charge >= 0.3 is 0 Å². The van der Waals surface area contributed by atoms with Crippen LogP contribution in [0.4, 0.5) is 5.69 Å². The molecule has 0 aliphatic carbocycles. The average molecular weight is 498 g/mol. The van der Waals surface area contributed by atoms with Crippen LogP contribution in [0.25, 0.3) is 0 Å². The summed E-state index contributed by atoms with van der Waals surface area (Å²) in [5.41, 5.74) is 2.72. The van der Waals surface area contributed by atoms with Crippen molar-refractivity contribution in [3.05, 3.63) is 53.6 Å². The summed E-state index contributed by atoms with van der Waals surface area (Å²) >= 11 is 0. The van der Waals surface area contributed by atoms with Crippen LogP contribution in [0.3, 0.4) is 0 Å². The van der Waals surface area contributed by atoms with Gasteiger partial charge in [-0.05, 0) is 42.8 Å². The fourth-order valence-electron chi connectivity index (χ4n) is 4.27. The molecule has 194 valence electrons. The van der Waals surface area contributed by atoms with Gasteiger partial charge in [-0.3, -0.25) is 9.59 Å². The predicted molar refractivity (Wildman–Crippen MR) is 136 cm³/mol. The highest BCUT2D eigenvalue weighted by Gasteiger charge is 2.20. The van der Waals surface area contributed by atoms with Crippen LogP contribution < -0.4 is 14.4 Å². The molecule has 0 atom stereocenters. The zero-order valence-corrected chi connectivity index (χ0v) is 21.1. The molecule has 0 radical (unpaired) electrons. The number of ether oxygens (including phenoxy) is 4. The minimum Gasteiger partial charge on any atom is -0.490 e. The van der Waals surface area contributed by atoms with Gasteiger partial charge in [0.05, 0.1) is 33.0 Å². The molecule has 2 amide bonds. The van der Waals surface area contributed by atoms with Gasteiger partial charge in [0, 0.05) is 51.0 Å². The van der Waals surface area contributed by atoms with Gasteiger partial charge in [0.15, 0.2) is 18.1 Å². The lowest BCUT2D eigenvalue weighted by Crippen LogP contribution is -2.43. The Morgan fingerprint density at radius 2 is 1.56 bits per heavy atom. The number of nitrogens with zero attached hydrogens (tertiary/aromatic N) is 3. The van der Waals surface area contributed by atoms with Crippen molar-refractivity contribution in [2.45, 2.75) is 13.5 Å². The molecular formula is C27H35N3O6. The van der Waals surface area contributed by atoms with Crippen LogP contribution in [-0.4, -0.2) is 94.5 Å². The molecule has 0 spiro atoms. The summed E-state index contributed by atoms with van der Waals surface area (Å²) in [4.78, 5) is 31.3. The van der Waals surface area contributed by atoms with Gasteiger partial charge in [0.1, 0.15) is 0 Å². The van der Waals surface area contributed by atoms with Crippen molar-refractivity contribution >= 4 is 17.5 Å². The molecule has 2 saturated heterocycles. The van der Waals surface area contributed by atoms with Crippen LogP contribution >= 0.6 is 0 Å². The van der Waals surface area contributed by atoms with E-state index in [1.165, 1.54) is 5.69 Å². The smallest absolute Gasteiger partial charge is 0.260 e. The van der Waals surface area contributed by atoms with Crippen molar-refractivity contribution in [3.8, 4) is 11.5 Å². The normalized spacial score (nSPS) is 15.9. The molecule has 2 aliphatic rings. The Morgan fingerprint density at radius 3 is 2.22 bits per heavy atom. The first-order valence-electron chi connectivity index (χ1n) is 12.5. The lowest BCUT2D eigenvalue weighted by molar-refractivity contribution is -0.137. The number of rotatable bonds is 9. The van der Waals surface area contributed by atoms with Gasteiger partial charge in [-0.15, -0.1) is 0 Å². The highest BCUT2D eigenvalue weighted by atomic mass is 16.5. The molecule has 36 heavy (non-hydrogen) atoms. The van der Waals surface area contributed by atoms with E-state index in [0.29, 0.717) is 56.5 Å². The number of carbonyl (C=O) groups is 2. The molecule has 2 aromatic carbocycles. The van der Waals surface area contributed by atoms with Crippen LogP contribution in [0, 0.1) is 0 Å². The van der Waals surface area contributed by atoms with E-state index in [0.717, 1.165) is 31.9 Å². The second kappa shape index (κ2) is 12.6. The fraction of sp³-hybridized carbons (Fsp3) is 0.481. The van der Waals surface area contributed by atoms with E-state index in [2.05, 4.69) is 29.2 Å². The quantitative estimate of drug-likeness (QED) is 0.526. The maximum atomic E-state index is 13.1. The third-order valence-corrected chi connectivity index (χ3v) is 6.28. The molecule has 9 nitrogen and oxygen atoms in total. The maximum Gasteiger partial charge on any atom is 0.260 e. The van der Waals surface area contributed by atoms with Crippen molar-refractivity contribution < 1.29 is 28.5 Å². The number of carbonyl (C=O) groups excluding carboxylic acids is 2. The zero-order valence-electron chi connectivity index (χ0n) is 21.1. The SMILES string of the molecule is CCOc1cc(C(=O)N(C)Cc2ccc(N3CCOCC3)cc2)ccc1OCC(=O)N1CCOCC1. The van der Waals surface area contributed by atoms with Crippen molar-refractivity contribution in [2.24, 2.45) is 0 Å². The topological polar surface area (TPSA) is 80.8 Å². The first-order valence-corrected chi connectivity index (χ1v) is 12.5. The summed E-state index contributed by atoms with van der Waals surface area (Å²) < 4.78 is 22.2. The molecule has 2 aliphatic heterocycles. The summed E-state index contributed by atoms with van der Waals surface area (Å²) in [6.07, 6.45) is 0. The first kappa shape index (κ1) is 25.8. The monoisotopic (exact) mass is 497 g/mol. The summed E-state index contributed by atoms with van der Waals surface area (Å²) in [6, 6.07) is 13.4. The molecule has 0 unspecified atom stereocenters. The third kappa shape index (κ3) is 6.67. The van der Waals surface area contributed by atoms with E-state index in [4.69, 9.17) is 18.9 Å². The lowest BCUT2D eigenvalue weighted by Gasteiger charge is -2.29.